The molecule has 1 unspecified atom stereocenters. The highest BCUT2D eigenvalue weighted by atomic mass is 19.4. The summed E-state index contributed by atoms with van der Waals surface area (Å²) in [5.41, 5.74) is 1.99. The van der Waals surface area contributed by atoms with Gasteiger partial charge < -0.3 is 10.6 Å². The average molecular weight is 338 g/mol. The van der Waals surface area contributed by atoms with E-state index >= 15 is 0 Å². The van der Waals surface area contributed by atoms with E-state index in [0.717, 1.165) is 24.1 Å². The van der Waals surface area contributed by atoms with E-state index in [-0.39, 0.29) is 6.04 Å². The molecule has 0 spiro atoms. The zero-order chi connectivity index (χ0) is 17.2. The van der Waals surface area contributed by atoms with Gasteiger partial charge in [0.2, 0.25) is 5.91 Å². The van der Waals surface area contributed by atoms with E-state index in [9.17, 15) is 18.0 Å². The molecule has 24 heavy (non-hydrogen) atoms. The van der Waals surface area contributed by atoms with E-state index in [4.69, 9.17) is 0 Å². The molecule has 1 amide bonds. The highest BCUT2D eigenvalue weighted by Crippen LogP contribution is 2.28. The fourth-order valence-electron chi connectivity index (χ4n) is 2.38. The number of hydrogen-bond donors (Lipinski definition) is 3. The lowest BCUT2D eigenvalue weighted by molar-refractivity contribution is -0.161. The van der Waals surface area contributed by atoms with Gasteiger partial charge >= 0.3 is 6.18 Å². The number of nitrogens with one attached hydrogen (secondary N) is 3. The van der Waals surface area contributed by atoms with Crippen LogP contribution in [0, 0.1) is 0 Å². The molecule has 1 aromatic heterocycles. The molecular weight excluding hydrogens is 321 g/mol. The fraction of sp³-hybridized carbons (Fsp3) is 0.375. The van der Waals surface area contributed by atoms with Gasteiger partial charge in [0.05, 0.1) is 12.1 Å². The zero-order valence-electron chi connectivity index (χ0n) is 12.7. The number of amides is 1. The number of aromatic amines is 1. The van der Waals surface area contributed by atoms with Crippen LogP contribution in [-0.2, 0) is 4.79 Å². The second-order valence-electron chi connectivity index (χ2n) is 5.84. The van der Waals surface area contributed by atoms with Crippen molar-refractivity contribution in [3.63, 3.8) is 0 Å². The quantitative estimate of drug-likeness (QED) is 0.758. The molecule has 0 bridgehead atoms. The van der Waals surface area contributed by atoms with E-state index in [0.29, 0.717) is 5.69 Å². The maximum Gasteiger partial charge on any atom is 0.404 e. The Balaban J connectivity index is 1.64. The van der Waals surface area contributed by atoms with Crippen LogP contribution in [0.1, 0.15) is 19.3 Å². The van der Waals surface area contributed by atoms with Crippen LogP contribution in [0.4, 0.5) is 18.9 Å². The molecule has 128 valence electrons. The normalized spacial score (nSPS) is 16.0. The first kappa shape index (κ1) is 16.5. The molecule has 0 radical (unpaired) electrons. The van der Waals surface area contributed by atoms with Crippen LogP contribution < -0.4 is 10.6 Å². The van der Waals surface area contributed by atoms with Crippen molar-refractivity contribution in [3.05, 3.63) is 36.5 Å². The number of hydrogen-bond acceptors (Lipinski definition) is 3. The number of anilines is 1. The largest absolute Gasteiger partial charge is 0.404 e. The molecular formula is C16H17F3N4O. The summed E-state index contributed by atoms with van der Waals surface area (Å²) in [6.07, 6.45) is -2.05. The molecule has 8 heteroatoms. The molecule has 1 aliphatic rings. The van der Waals surface area contributed by atoms with Crippen LogP contribution in [-0.4, -0.2) is 34.4 Å². The molecule has 0 saturated heterocycles. The van der Waals surface area contributed by atoms with Gasteiger partial charge in [0.1, 0.15) is 6.04 Å². The number of nitrogens with zero attached hydrogens (tertiary/aromatic N) is 1. The molecule has 1 saturated carbocycles. The highest BCUT2D eigenvalue weighted by Gasteiger charge is 2.43. The van der Waals surface area contributed by atoms with Crippen molar-refractivity contribution in [1.82, 2.24) is 15.5 Å². The van der Waals surface area contributed by atoms with Gasteiger partial charge in [-0.2, -0.15) is 18.3 Å². The highest BCUT2D eigenvalue weighted by molar-refractivity contribution is 5.91. The van der Waals surface area contributed by atoms with Gasteiger partial charge in [-0.15, -0.1) is 0 Å². The third-order valence-corrected chi connectivity index (χ3v) is 3.76. The minimum Gasteiger partial charge on any atom is -0.326 e. The Morgan fingerprint density at radius 3 is 2.75 bits per heavy atom. The Morgan fingerprint density at radius 1 is 1.33 bits per heavy atom. The second-order valence-corrected chi connectivity index (χ2v) is 5.84. The lowest BCUT2D eigenvalue weighted by atomic mass is 10.1. The average Bonchev–Trinajstić information content (AvgIpc) is 3.16. The van der Waals surface area contributed by atoms with Crippen molar-refractivity contribution >= 4 is 11.6 Å². The molecule has 1 fully saturated rings. The van der Waals surface area contributed by atoms with E-state index < -0.39 is 24.5 Å². The SMILES string of the molecule is O=C(CC(NC1CC1)C(F)(F)F)Nc1cccc(-c2ccn[nH]2)c1. The fourth-order valence-corrected chi connectivity index (χ4v) is 2.38. The first-order valence-electron chi connectivity index (χ1n) is 7.64. The Labute approximate surface area is 136 Å². The second kappa shape index (κ2) is 6.64. The van der Waals surface area contributed by atoms with Crippen LogP contribution in [0.2, 0.25) is 0 Å². The molecule has 2 aromatic rings. The molecule has 1 heterocycles. The van der Waals surface area contributed by atoms with E-state index in [2.05, 4.69) is 20.8 Å². The number of rotatable bonds is 6. The smallest absolute Gasteiger partial charge is 0.326 e. The van der Waals surface area contributed by atoms with Crippen molar-refractivity contribution < 1.29 is 18.0 Å². The van der Waals surface area contributed by atoms with Crippen LogP contribution >= 0.6 is 0 Å². The molecule has 1 aromatic carbocycles. The van der Waals surface area contributed by atoms with Crippen molar-refractivity contribution in [2.75, 3.05) is 5.32 Å². The predicted octanol–water partition coefficient (Wildman–Crippen LogP) is 3.09. The van der Waals surface area contributed by atoms with Crippen molar-refractivity contribution in [1.29, 1.82) is 0 Å². The molecule has 1 atom stereocenters. The monoisotopic (exact) mass is 338 g/mol. The Hall–Kier alpha value is -2.35. The molecule has 3 rings (SSSR count). The lowest BCUT2D eigenvalue weighted by Crippen LogP contribution is -2.45. The van der Waals surface area contributed by atoms with E-state index in [1.807, 2.05) is 6.07 Å². The van der Waals surface area contributed by atoms with Crippen LogP contribution in [0.25, 0.3) is 11.3 Å². The predicted molar refractivity (Wildman–Crippen MR) is 83.3 cm³/mol. The first-order chi connectivity index (χ1) is 11.4. The van der Waals surface area contributed by atoms with Crippen LogP contribution in [0.5, 0.6) is 0 Å². The molecule has 0 aliphatic heterocycles. The summed E-state index contributed by atoms with van der Waals surface area (Å²) in [6.45, 7) is 0. The maximum atomic E-state index is 13.0. The summed E-state index contributed by atoms with van der Waals surface area (Å²) in [4.78, 5) is 12.0. The minimum atomic E-state index is -4.45. The van der Waals surface area contributed by atoms with Crippen molar-refractivity contribution in [2.24, 2.45) is 0 Å². The molecule has 3 N–H and O–H groups in total. The number of aromatic nitrogens is 2. The summed E-state index contributed by atoms with van der Waals surface area (Å²) in [7, 11) is 0. The number of benzene rings is 1. The lowest BCUT2D eigenvalue weighted by Gasteiger charge is -2.21. The van der Waals surface area contributed by atoms with E-state index in [1.54, 1.807) is 30.5 Å². The van der Waals surface area contributed by atoms with Crippen molar-refractivity contribution in [2.45, 2.75) is 37.5 Å². The third-order valence-electron chi connectivity index (χ3n) is 3.76. The van der Waals surface area contributed by atoms with Gasteiger partial charge in [-0.3, -0.25) is 9.89 Å². The summed E-state index contributed by atoms with van der Waals surface area (Å²) in [5, 5.41) is 11.6. The van der Waals surface area contributed by atoms with Gasteiger partial charge in [-0.05, 0) is 31.0 Å². The molecule has 5 nitrogen and oxygen atoms in total. The maximum absolute atomic E-state index is 13.0. The summed E-state index contributed by atoms with van der Waals surface area (Å²) >= 11 is 0. The van der Waals surface area contributed by atoms with Crippen LogP contribution in [0.3, 0.4) is 0 Å². The van der Waals surface area contributed by atoms with Gasteiger partial charge in [-0.1, -0.05) is 12.1 Å². The van der Waals surface area contributed by atoms with Crippen LogP contribution in [0.15, 0.2) is 36.5 Å². The number of H-pyrrole nitrogens is 1. The number of carbonyl (C=O) groups is 1. The topological polar surface area (TPSA) is 69.8 Å². The van der Waals surface area contributed by atoms with Gasteiger partial charge in [-0.25, -0.2) is 0 Å². The van der Waals surface area contributed by atoms with Crippen molar-refractivity contribution in [3.8, 4) is 11.3 Å². The zero-order valence-corrected chi connectivity index (χ0v) is 12.7. The Morgan fingerprint density at radius 2 is 2.12 bits per heavy atom. The minimum absolute atomic E-state index is 0.131. The number of halogens is 3. The Kier molecular flexibility index (Phi) is 4.57. The van der Waals surface area contributed by atoms with E-state index in [1.165, 1.54) is 0 Å². The van der Waals surface area contributed by atoms with Gasteiger partial charge in [0, 0.05) is 23.5 Å². The summed E-state index contributed by atoms with van der Waals surface area (Å²) in [6, 6.07) is 6.66. The first-order valence-corrected chi connectivity index (χ1v) is 7.64. The number of carbonyl (C=O) groups excluding carboxylic acids is 1. The van der Waals surface area contributed by atoms with Gasteiger partial charge in [0.25, 0.3) is 0 Å². The standard InChI is InChI=1S/C16H17F3N4O/c17-16(18,19)14(21-11-4-5-11)9-15(24)22-12-3-1-2-10(8-12)13-6-7-20-23-13/h1-3,6-8,11,14,21H,4-5,9H2,(H,20,23)(H,22,24). The third kappa shape index (κ3) is 4.35. The molecule has 1 aliphatic carbocycles. The summed E-state index contributed by atoms with van der Waals surface area (Å²) < 4.78 is 39.0. The number of alkyl halides is 3. The van der Waals surface area contributed by atoms with Gasteiger partial charge in [0.15, 0.2) is 0 Å². The Bertz CT molecular complexity index is 696. The summed E-state index contributed by atoms with van der Waals surface area (Å²) in [5.74, 6) is -0.674.